The van der Waals surface area contributed by atoms with E-state index >= 15 is 0 Å². The van der Waals surface area contributed by atoms with E-state index in [9.17, 15) is 4.79 Å². The zero-order chi connectivity index (χ0) is 18.7. The Morgan fingerprint density at radius 2 is 1.78 bits per heavy atom. The fraction of sp³-hybridized carbons (Fsp3) is 0.545. The first kappa shape index (κ1) is 18.2. The van der Waals surface area contributed by atoms with Gasteiger partial charge in [0.2, 0.25) is 5.91 Å². The van der Waals surface area contributed by atoms with Crippen molar-refractivity contribution in [2.75, 3.05) is 20.1 Å². The molecule has 1 saturated heterocycles. The second-order valence-corrected chi connectivity index (χ2v) is 8.22. The maximum absolute atomic E-state index is 13.5. The van der Waals surface area contributed by atoms with E-state index in [1.165, 1.54) is 5.56 Å². The van der Waals surface area contributed by atoms with Crippen LogP contribution in [0.5, 0.6) is 0 Å². The first-order valence-electron chi connectivity index (χ1n) is 10.2. The minimum atomic E-state index is -0.382. The molecule has 1 amide bonds. The van der Waals surface area contributed by atoms with Crippen LogP contribution in [0.25, 0.3) is 0 Å². The highest BCUT2D eigenvalue weighted by Crippen LogP contribution is 2.36. The summed E-state index contributed by atoms with van der Waals surface area (Å²) in [5.74, 6) is 0.226. The quantitative estimate of drug-likeness (QED) is 0.904. The van der Waals surface area contributed by atoms with Crippen molar-refractivity contribution in [2.24, 2.45) is 0 Å². The van der Waals surface area contributed by atoms with Gasteiger partial charge in [0.25, 0.3) is 0 Å². The number of hydrogen-bond acceptors (Lipinski definition) is 3. The third-order valence-corrected chi connectivity index (χ3v) is 6.53. The van der Waals surface area contributed by atoms with Crippen LogP contribution in [0.1, 0.15) is 50.1 Å². The zero-order valence-corrected chi connectivity index (χ0v) is 16.2. The molecule has 0 spiro atoms. The van der Waals surface area contributed by atoms with Crippen molar-refractivity contribution in [1.29, 1.82) is 0 Å². The molecule has 1 N–H and O–H groups in total. The van der Waals surface area contributed by atoms with Crippen molar-refractivity contribution in [1.82, 2.24) is 20.0 Å². The standard InChI is InChI=1S/C22H30N4O/c1-25-16-12-22(13-17-25,18-6-3-2-4-7-18)21(27)24-19-8-10-20(11-9-19)26-15-5-14-23-26/h2-7,14-15,19-20H,8-13,16-17H2,1H3,(H,24,27). The molecule has 2 aliphatic rings. The Balaban J connectivity index is 1.44. The van der Waals surface area contributed by atoms with Crippen LogP contribution in [0.3, 0.4) is 0 Å². The highest BCUT2D eigenvalue weighted by molar-refractivity contribution is 5.88. The highest BCUT2D eigenvalue weighted by Gasteiger charge is 2.43. The molecule has 27 heavy (non-hydrogen) atoms. The molecule has 1 aliphatic carbocycles. The summed E-state index contributed by atoms with van der Waals surface area (Å²) in [7, 11) is 2.14. The predicted molar refractivity (Wildman–Crippen MR) is 107 cm³/mol. The Morgan fingerprint density at radius 1 is 1.07 bits per heavy atom. The molecule has 0 atom stereocenters. The monoisotopic (exact) mass is 366 g/mol. The lowest BCUT2D eigenvalue weighted by atomic mass is 9.71. The molecule has 5 heteroatoms. The van der Waals surface area contributed by atoms with Crippen LogP contribution in [-0.2, 0) is 10.2 Å². The lowest BCUT2D eigenvalue weighted by molar-refractivity contribution is -0.129. The highest BCUT2D eigenvalue weighted by atomic mass is 16.2. The van der Waals surface area contributed by atoms with Gasteiger partial charge in [-0.2, -0.15) is 5.10 Å². The van der Waals surface area contributed by atoms with Gasteiger partial charge >= 0.3 is 0 Å². The van der Waals surface area contributed by atoms with Crippen LogP contribution in [0.2, 0.25) is 0 Å². The molecule has 2 heterocycles. The molecular formula is C22H30N4O. The molecule has 1 aliphatic heterocycles. The molecule has 0 radical (unpaired) electrons. The molecule has 1 saturated carbocycles. The first-order valence-corrected chi connectivity index (χ1v) is 10.2. The third kappa shape index (κ3) is 3.79. The van der Waals surface area contributed by atoms with Crippen LogP contribution in [-0.4, -0.2) is 46.8 Å². The number of piperidine rings is 1. The van der Waals surface area contributed by atoms with Crippen LogP contribution in [0.4, 0.5) is 0 Å². The Morgan fingerprint density at radius 3 is 2.41 bits per heavy atom. The maximum atomic E-state index is 13.5. The van der Waals surface area contributed by atoms with Crippen LogP contribution in [0, 0.1) is 0 Å². The molecule has 2 fully saturated rings. The van der Waals surface area contributed by atoms with Gasteiger partial charge in [0, 0.05) is 18.4 Å². The van der Waals surface area contributed by atoms with Gasteiger partial charge in [-0.25, -0.2) is 0 Å². The van der Waals surface area contributed by atoms with E-state index in [4.69, 9.17) is 0 Å². The number of nitrogens with one attached hydrogen (secondary N) is 1. The summed E-state index contributed by atoms with van der Waals surface area (Å²) < 4.78 is 2.07. The van der Waals surface area contributed by atoms with E-state index in [1.807, 2.05) is 24.5 Å². The van der Waals surface area contributed by atoms with Gasteiger partial charge in [-0.1, -0.05) is 30.3 Å². The molecule has 5 nitrogen and oxygen atoms in total. The van der Waals surface area contributed by atoms with E-state index in [-0.39, 0.29) is 17.4 Å². The second kappa shape index (κ2) is 7.85. The van der Waals surface area contributed by atoms with Crippen molar-refractivity contribution in [3.05, 3.63) is 54.4 Å². The van der Waals surface area contributed by atoms with E-state index in [1.54, 1.807) is 0 Å². The SMILES string of the molecule is CN1CCC(C(=O)NC2CCC(n3cccn3)CC2)(c2ccccc2)CC1. The van der Waals surface area contributed by atoms with E-state index in [2.05, 4.69) is 51.3 Å². The van der Waals surface area contributed by atoms with Gasteiger partial charge in [0.1, 0.15) is 0 Å². The average Bonchev–Trinajstić information content (AvgIpc) is 3.25. The van der Waals surface area contributed by atoms with E-state index in [0.29, 0.717) is 6.04 Å². The average molecular weight is 367 g/mol. The van der Waals surface area contributed by atoms with Crippen LogP contribution in [0.15, 0.2) is 48.8 Å². The van der Waals surface area contributed by atoms with E-state index in [0.717, 1.165) is 51.6 Å². The number of hydrogen-bond donors (Lipinski definition) is 1. The summed E-state index contributed by atoms with van der Waals surface area (Å²) in [6.45, 7) is 1.93. The normalized spacial score (nSPS) is 25.8. The van der Waals surface area contributed by atoms with Crippen molar-refractivity contribution >= 4 is 5.91 Å². The lowest BCUT2D eigenvalue weighted by Gasteiger charge is -2.41. The van der Waals surface area contributed by atoms with Crippen LogP contribution < -0.4 is 5.32 Å². The minimum Gasteiger partial charge on any atom is -0.353 e. The van der Waals surface area contributed by atoms with Crippen molar-refractivity contribution < 1.29 is 4.79 Å². The third-order valence-electron chi connectivity index (χ3n) is 6.53. The number of likely N-dealkylation sites (tertiary alicyclic amines) is 1. The molecule has 0 unspecified atom stereocenters. The summed E-state index contributed by atoms with van der Waals surface area (Å²) in [5, 5.41) is 7.80. The van der Waals surface area contributed by atoms with Crippen molar-refractivity contribution in [3.63, 3.8) is 0 Å². The Bertz CT molecular complexity index is 727. The number of rotatable bonds is 4. The number of aromatic nitrogens is 2. The number of amides is 1. The lowest BCUT2D eigenvalue weighted by Crippen LogP contribution is -2.53. The van der Waals surface area contributed by atoms with Crippen molar-refractivity contribution in [3.8, 4) is 0 Å². The summed E-state index contributed by atoms with van der Waals surface area (Å²) in [4.78, 5) is 15.8. The number of carbonyl (C=O) groups is 1. The van der Waals surface area contributed by atoms with Crippen LogP contribution >= 0.6 is 0 Å². The number of nitrogens with zero attached hydrogens (tertiary/aromatic N) is 3. The summed E-state index contributed by atoms with van der Waals surface area (Å²) in [6, 6.07) is 13.1. The molecule has 0 bridgehead atoms. The molecule has 144 valence electrons. The minimum absolute atomic E-state index is 0.226. The molecule has 2 aromatic rings. The predicted octanol–water partition coefficient (Wildman–Crippen LogP) is 3.15. The smallest absolute Gasteiger partial charge is 0.230 e. The summed E-state index contributed by atoms with van der Waals surface area (Å²) in [6.07, 6.45) is 9.89. The molecule has 1 aromatic heterocycles. The Labute approximate surface area is 161 Å². The summed E-state index contributed by atoms with van der Waals surface area (Å²) >= 11 is 0. The van der Waals surface area contributed by atoms with Gasteiger partial charge in [0.15, 0.2) is 0 Å². The fourth-order valence-corrected chi connectivity index (χ4v) is 4.71. The molecule has 1 aromatic carbocycles. The van der Waals surface area contributed by atoms with Gasteiger partial charge in [-0.15, -0.1) is 0 Å². The van der Waals surface area contributed by atoms with Crippen molar-refractivity contribution in [2.45, 2.75) is 56.0 Å². The van der Waals surface area contributed by atoms with E-state index < -0.39 is 0 Å². The van der Waals surface area contributed by atoms with Gasteiger partial charge in [-0.3, -0.25) is 9.48 Å². The zero-order valence-electron chi connectivity index (χ0n) is 16.2. The largest absolute Gasteiger partial charge is 0.353 e. The Hall–Kier alpha value is -2.14. The Kier molecular flexibility index (Phi) is 5.30. The first-order chi connectivity index (χ1) is 13.2. The molecule has 4 rings (SSSR count). The second-order valence-electron chi connectivity index (χ2n) is 8.22. The van der Waals surface area contributed by atoms with Gasteiger partial charge in [-0.05, 0) is 70.3 Å². The topological polar surface area (TPSA) is 50.2 Å². The maximum Gasteiger partial charge on any atom is 0.230 e. The summed E-state index contributed by atoms with van der Waals surface area (Å²) in [5.41, 5.74) is 0.785. The van der Waals surface area contributed by atoms with Gasteiger partial charge < -0.3 is 10.2 Å². The number of benzene rings is 1. The fourth-order valence-electron chi connectivity index (χ4n) is 4.71. The molecular weight excluding hydrogens is 336 g/mol. The van der Waals surface area contributed by atoms with Gasteiger partial charge in [0.05, 0.1) is 11.5 Å². The number of carbonyl (C=O) groups excluding carboxylic acids is 1.